The molecule has 4 rings (SSSR count). The molecule has 0 N–H and O–H groups in total. The van der Waals surface area contributed by atoms with Crippen molar-refractivity contribution in [2.45, 2.75) is 52.4 Å². The Balaban J connectivity index is 0.000000458. The summed E-state index contributed by atoms with van der Waals surface area (Å²) in [7, 11) is -9.89. The van der Waals surface area contributed by atoms with Gasteiger partial charge in [-0.25, -0.2) is 37.3 Å². The van der Waals surface area contributed by atoms with Crippen molar-refractivity contribution in [3.8, 4) is 0 Å². The summed E-state index contributed by atoms with van der Waals surface area (Å²) < 4.78 is 78.9. The topological polar surface area (TPSA) is 200 Å². The Morgan fingerprint density at radius 3 is 1.18 bits per heavy atom. The molecule has 0 aliphatic carbocycles. The highest BCUT2D eigenvalue weighted by molar-refractivity contribution is 5.93. The maximum Gasteiger partial charge on any atom is 0.209 e. The predicted octanol–water partition coefficient (Wildman–Crippen LogP) is -4.32. The van der Waals surface area contributed by atoms with Crippen LogP contribution in [0.2, 0.25) is 0 Å². The van der Waals surface area contributed by atoms with Gasteiger partial charge in [-0.05, 0) is 27.7 Å². The fourth-order valence-corrected chi connectivity index (χ4v) is 4.89. The second kappa shape index (κ2) is 12.7. The quantitative estimate of drug-likeness (QED) is 0.236. The molecule has 2 aliphatic rings. The Morgan fingerprint density at radius 1 is 0.590 bits per heavy atom. The first kappa shape index (κ1) is 33.2. The summed E-state index contributed by atoms with van der Waals surface area (Å²) in [5, 5.41) is 0. The molecule has 0 saturated heterocycles. The second-order valence-corrected chi connectivity index (χ2v) is 11.6. The molecule has 0 aromatic heterocycles. The van der Waals surface area contributed by atoms with Gasteiger partial charge in [0.25, 0.3) is 0 Å². The second-order valence-electron chi connectivity index (χ2n) is 10.1. The first-order valence-electron chi connectivity index (χ1n) is 12.0. The summed E-state index contributed by atoms with van der Waals surface area (Å²) in [5.41, 5.74) is 8.48. The number of hydrogen-bond donors (Lipinski definition) is 0. The Bertz CT molecular complexity index is 1110. The molecule has 2 aromatic rings. The molecular formula is C26H34Cl2N2O9. The Hall–Kier alpha value is -2.00. The molecular weight excluding hydrogens is 555 g/mol. The number of benzene rings is 2. The smallest absolute Gasteiger partial charge is 0.209 e. The van der Waals surface area contributed by atoms with Crippen LogP contribution in [0.25, 0.3) is 0 Å². The van der Waals surface area contributed by atoms with E-state index in [1.54, 1.807) is 0 Å². The maximum atomic E-state index is 8.49. The Morgan fingerprint density at radius 2 is 0.872 bits per heavy atom. The van der Waals surface area contributed by atoms with Gasteiger partial charge in [0, 0.05) is 37.1 Å². The van der Waals surface area contributed by atoms with E-state index in [0.717, 1.165) is 26.3 Å². The van der Waals surface area contributed by atoms with Crippen molar-refractivity contribution in [3.63, 3.8) is 0 Å². The summed E-state index contributed by atoms with van der Waals surface area (Å²) in [5.74, 6) is 0. The average molecular weight is 589 g/mol. The van der Waals surface area contributed by atoms with Gasteiger partial charge in [-0.15, -0.1) is 20.5 Å². The Kier molecular flexibility index (Phi) is 10.8. The fraction of sp³-hybridized carbons (Fsp3) is 0.462. The van der Waals surface area contributed by atoms with E-state index in [0.29, 0.717) is 0 Å². The van der Waals surface area contributed by atoms with E-state index in [4.69, 9.17) is 42.0 Å². The molecule has 0 spiro atoms. The van der Waals surface area contributed by atoms with Crippen LogP contribution < -0.4 is 37.3 Å². The molecule has 2 heterocycles. The highest BCUT2D eigenvalue weighted by Crippen LogP contribution is 2.40. The van der Waals surface area contributed by atoms with Crippen molar-refractivity contribution < 1.29 is 71.6 Å². The molecule has 11 nitrogen and oxygen atoms in total. The summed E-state index contributed by atoms with van der Waals surface area (Å²) >= 11 is 0. The van der Waals surface area contributed by atoms with E-state index in [1.165, 1.54) is 33.9 Å². The van der Waals surface area contributed by atoms with Crippen LogP contribution in [0, 0.1) is 20.5 Å². The zero-order valence-corrected chi connectivity index (χ0v) is 24.3. The van der Waals surface area contributed by atoms with E-state index in [2.05, 4.69) is 99.2 Å². The minimum atomic E-state index is -4.94. The molecule has 2 aromatic carbocycles. The largest absolute Gasteiger partial charge is 0.368 e. The van der Waals surface area contributed by atoms with Crippen LogP contribution >= 0.6 is 0 Å². The van der Waals surface area contributed by atoms with Crippen molar-refractivity contribution >= 4 is 22.8 Å². The monoisotopic (exact) mass is 588 g/mol. The van der Waals surface area contributed by atoms with E-state index >= 15 is 0 Å². The van der Waals surface area contributed by atoms with Crippen molar-refractivity contribution in [3.05, 3.63) is 59.7 Å². The minimum absolute atomic E-state index is 0.0908. The maximum absolute atomic E-state index is 8.49. The van der Waals surface area contributed by atoms with Crippen molar-refractivity contribution in [2.24, 2.45) is 0 Å². The van der Waals surface area contributed by atoms with Gasteiger partial charge in [0.1, 0.15) is 13.2 Å². The van der Waals surface area contributed by atoms with Crippen molar-refractivity contribution in [1.29, 1.82) is 0 Å². The fourth-order valence-electron chi connectivity index (χ4n) is 4.89. The molecule has 0 radical (unpaired) electrons. The highest BCUT2D eigenvalue weighted by Gasteiger charge is 2.43. The molecule has 2 aliphatic heterocycles. The molecule has 216 valence electrons. The molecule has 0 fully saturated rings. The van der Waals surface area contributed by atoms with E-state index in [9.17, 15) is 0 Å². The first-order valence-corrected chi connectivity index (χ1v) is 14.5. The third kappa shape index (κ3) is 9.00. The van der Waals surface area contributed by atoms with Crippen LogP contribution in [-0.2, 0) is 15.6 Å². The molecule has 0 bridgehead atoms. The summed E-state index contributed by atoms with van der Waals surface area (Å²) in [6, 6.07) is 17.5. The van der Waals surface area contributed by atoms with Gasteiger partial charge >= 0.3 is 0 Å². The number of hydrogen-bond acceptors (Lipinski definition) is 9. The average Bonchev–Trinajstić information content (AvgIpc) is 3.11. The van der Waals surface area contributed by atoms with Gasteiger partial charge < -0.3 is 4.74 Å². The lowest BCUT2D eigenvalue weighted by Gasteiger charge is -2.17. The third-order valence-electron chi connectivity index (χ3n) is 7.27. The van der Waals surface area contributed by atoms with Crippen LogP contribution in [-0.4, -0.2) is 46.9 Å². The summed E-state index contributed by atoms with van der Waals surface area (Å²) in [6.45, 7) is 17.0. The van der Waals surface area contributed by atoms with Gasteiger partial charge in [0.2, 0.25) is 11.4 Å². The molecule has 13 heteroatoms. The van der Waals surface area contributed by atoms with Gasteiger partial charge in [-0.1, -0.05) is 36.4 Å². The van der Waals surface area contributed by atoms with Gasteiger partial charge in [-0.3, -0.25) is 0 Å². The van der Waals surface area contributed by atoms with Crippen LogP contribution in [0.5, 0.6) is 0 Å². The first-order chi connectivity index (χ1) is 17.8. The predicted molar refractivity (Wildman–Crippen MR) is 121 cm³/mol. The molecule has 0 atom stereocenters. The molecule has 39 heavy (non-hydrogen) atoms. The number of fused-ring (bicyclic) bond motifs is 2. The van der Waals surface area contributed by atoms with E-state index in [1.807, 2.05) is 0 Å². The van der Waals surface area contributed by atoms with Crippen LogP contribution in [0.1, 0.15) is 52.7 Å². The minimum Gasteiger partial charge on any atom is -0.368 e. The lowest BCUT2D eigenvalue weighted by atomic mass is 9.82. The van der Waals surface area contributed by atoms with Crippen molar-refractivity contribution in [1.82, 2.24) is 0 Å². The number of ether oxygens (including phenoxy) is 1. The lowest BCUT2D eigenvalue weighted by Crippen LogP contribution is -2.68. The van der Waals surface area contributed by atoms with Crippen LogP contribution in [0.15, 0.2) is 48.5 Å². The van der Waals surface area contributed by atoms with Crippen LogP contribution in [0.3, 0.4) is 0 Å². The zero-order valence-electron chi connectivity index (χ0n) is 22.8. The van der Waals surface area contributed by atoms with Gasteiger partial charge in [0.15, 0.2) is 24.5 Å². The normalized spacial score (nSPS) is 17.2. The molecule has 0 amide bonds. The SMILES string of the molecule is CC1=[N+](CCOCC[N+]2=C(C)C(C)(C)c3ccccc32)c2ccccc2C1(C)C.[O-][Cl+3]([O-])([O-])[O-].[O-][Cl+3]([O-])([O-])[O-]. The van der Waals surface area contributed by atoms with Crippen molar-refractivity contribution in [2.75, 3.05) is 26.3 Å². The standard InChI is InChI=1S/C26H34N2O.2ClHO4/c1-19-25(3,4)21-11-7-9-13-23(21)27(19)15-17-29-18-16-28-20(2)26(5,6)22-12-8-10-14-24(22)28;2*2-1(3,4)5/h7-14H,15-18H2,1-6H3;2*(H,2,3,4,5)/q+2;;/p-2. The lowest BCUT2D eigenvalue weighted by molar-refractivity contribution is -2.00. The van der Waals surface area contributed by atoms with Gasteiger partial charge in [0.05, 0.1) is 10.8 Å². The summed E-state index contributed by atoms with van der Waals surface area (Å²) in [4.78, 5) is 0. The zero-order chi connectivity index (χ0) is 29.8. The number of nitrogens with zero attached hydrogens (tertiary/aromatic N) is 2. The number of rotatable bonds is 6. The summed E-state index contributed by atoms with van der Waals surface area (Å²) in [6.07, 6.45) is 0. The third-order valence-corrected chi connectivity index (χ3v) is 7.27. The highest BCUT2D eigenvalue weighted by atomic mass is 35.7. The number of para-hydroxylation sites is 2. The van der Waals surface area contributed by atoms with Crippen LogP contribution in [0.4, 0.5) is 11.4 Å². The van der Waals surface area contributed by atoms with Gasteiger partial charge in [-0.2, -0.15) is 9.15 Å². The molecule has 0 saturated carbocycles. The molecule has 0 unspecified atom stereocenters. The Labute approximate surface area is 232 Å². The van der Waals surface area contributed by atoms with E-state index < -0.39 is 20.5 Å². The van der Waals surface area contributed by atoms with E-state index in [-0.39, 0.29) is 10.8 Å². The number of halogens is 2.